The Morgan fingerprint density at radius 3 is 2.56 bits per heavy atom. The highest BCUT2D eigenvalue weighted by Gasteiger charge is 2.08. The topological polar surface area (TPSA) is 54.9 Å². The maximum atomic E-state index is 12.3. The van der Waals surface area contributed by atoms with E-state index in [9.17, 15) is 4.79 Å². The first-order valence-corrected chi connectivity index (χ1v) is 8.84. The fourth-order valence-corrected chi connectivity index (χ4v) is 2.76. The molecule has 0 atom stereocenters. The Kier molecular flexibility index (Phi) is 5.73. The van der Waals surface area contributed by atoms with Gasteiger partial charge in [-0.15, -0.1) is 0 Å². The van der Waals surface area contributed by atoms with Gasteiger partial charge in [-0.25, -0.2) is 4.98 Å². The van der Waals surface area contributed by atoms with Crippen LogP contribution in [0.1, 0.15) is 47.8 Å². The Bertz CT molecular complexity index is 843. The summed E-state index contributed by atoms with van der Waals surface area (Å²) in [5.74, 6) is -0.169. The Morgan fingerprint density at radius 1 is 0.960 bits per heavy atom. The summed E-state index contributed by atoms with van der Waals surface area (Å²) in [7, 11) is 0. The van der Waals surface area contributed by atoms with Crippen molar-refractivity contribution in [2.75, 3.05) is 0 Å². The van der Waals surface area contributed by atoms with Crippen molar-refractivity contribution in [2.45, 2.75) is 39.2 Å². The van der Waals surface area contributed by atoms with Gasteiger partial charge in [0, 0.05) is 12.7 Å². The third-order valence-electron chi connectivity index (χ3n) is 4.23. The molecule has 4 nitrogen and oxygen atoms in total. The Labute approximate surface area is 148 Å². The molecule has 25 heavy (non-hydrogen) atoms. The first-order valence-electron chi connectivity index (χ1n) is 8.84. The lowest BCUT2D eigenvalue weighted by Gasteiger charge is -2.07. The zero-order valence-corrected chi connectivity index (χ0v) is 14.5. The molecule has 0 aliphatic heterocycles. The maximum absolute atomic E-state index is 12.3. The van der Waals surface area contributed by atoms with Crippen LogP contribution in [0.4, 0.5) is 0 Å². The Morgan fingerprint density at radius 2 is 1.76 bits per heavy atom. The van der Waals surface area contributed by atoms with Crippen molar-refractivity contribution in [1.82, 2.24) is 15.3 Å². The fraction of sp³-hybridized carbons (Fsp3) is 0.286. The first-order chi connectivity index (χ1) is 12.3. The number of aromatic nitrogens is 2. The molecule has 1 amide bonds. The van der Waals surface area contributed by atoms with Gasteiger partial charge in [-0.3, -0.25) is 9.78 Å². The van der Waals surface area contributed by atoms with Crippen LogP contribution in [-0.4, -0.2) is 15.9 Å². The minimum atomic E-state index is -0.169. The number of carbonyl (C=O) groups is 1. The molecule has 3 aromatic rings. The molecule has 128 valence electrons. The minimum Gasteiger partial charge on any atom is -0.347 e. The number of benzene rings is 1. The molecule has 0 aliphatic rings. The summed E-state index contributed by atoms with van der Waals surface area (Å²) in [6, 6.07) is 15.7. The molecule has 1 aromatic carbocycles. The number of aryl methyl sites for hydroxylation is 1. The Balaban J connectivity index is 1.57. The molecular weight excluding hydrogens is 310 g/mol. The lowest BCUT2D eigenvalue weighted by atomic mass is 10.1. The second kappa shape index (κ2) is 8.38. The SMILES string of the molecule is CCCCCc1ccc(CNC(=O)c2ccc3ncccc3n2)cc1. The van der Waals surface area contributed by atoms with Crippen LogP contribution in [-0.2, 0) is 13.0 Å². The lowest BCUT2D eigenvalue weighted by molar-refractivity contribution is 0.0946. The highest BCUT2D eigenvalue weighted by Crippen LogP contribution is 2.11. The fourth-order valence-electron chi connectivity index (χ4n) is 2.76. The van der Waals surface area contributed by atoms with E-state index in [4.69, 9.17) is 0 Å². The number of unbranched alkanes of at least 4 members (excludes halogenated alkanes) is 2. The summed E-state index contributed by atoms with van der Waals surface area (Å²) in [5.41, 5.74) is 4.38. The van der Waals surface area contributed by atoms with E-state index < -0.39 is 0 Å². The van der Waals surface area contributed by atoms with Gasteiger partial charge in [-0.2, -0.15) is 0 Å². The van der Waals surface area contributed by atoms with Crippen LogP contribution in [0.25, 0.3) is 11.0 Å². The quantitative estimate of drug-likeness (QED) is 0.656. The van der Waals surface area contributed by atoms with Crippen molar-refractivity contribution in [3.05, 3.63) is 71.5 Å². The Hall–Kier alpha value is -2.75. The van der Waals surface area contributed by atoms with Gasteiger partial charge >= 0.3 is 0 Å². The van der Waals surface area contributed by atoms with Gasteiger partial charge in [0.25, 0.3) is 5.91 Å². The maximum Gasteiger partial charge on any atom is 0.270 e. The lowest BCUT2D eigenvalue weighted by Crippen LogP contribution is -2.23. The van der Waals surface area contributed by atoms with E-state index in [0.717, 1.165) is 23.0 Å². The second-order valence-corrected chi connectivity index (χ2v) is 6.19. The van der Waals surface area contributed by atoms with Crippen LogP contribution in [0.5, 0.6) is 0 Å². The van der Waals surface area contributed by atoms with Crippen molar-refractivity contribution in [1.29, 1.82) is 0 Å². The molecule has 0 saturated heterocycles. The van der Waals surface area contributed by atoms with E-state index >= 15 is 0 Å². The molecule has 0 spiro atoms. The molecule has 2 heterocycles. The predicted molar refractivity (Wildman–Crippen MR) is 100 cm³/mol. The first kappa shape index (κ1) is 17.1. The van der Waals surface area contributed by atoms with Crippen LogP contribution in [0.2, 0.25) is 0 Å². The standard InChI is InChI=1S/C21H23N3O/c1-2-3-4-6-16-8-10-17(11-9-16)15-23-21(25)20-13-12-18-19(24-20)7-5-14-22-18/h5,7-14H,2-4,6,15H2,1H3,(H,23,25). The van der Waals surface area contributed by atoms with E-state index in [0.29, 0.717) is 12.2 Å². The summed E-state index contributed by atoms with van der Waals surface area (Å²) in [5, 5.41) is 2.93. The molecule has 0 fully saturated rings. The normalized spacial score (nSPS) is 10.8. The minimum absolute atomic E-state index is 0.169. The van der Waals surface area contributed by atoms with Gasteiger partial charge in [0.05, 0.1) is 11.0 Å². The number of nitrogens with zero attached hydrogens (tertiary/aromatic N) is 2. The average molecular weight is 333 g/mol. The van der Waals surface area contributed by atoms with Crippen LogP contribution >= 0.6 is 0 Å². The summed E-state index contributed by atoms with van der Waals surface area (Å²) < 4.78 is 0. The van der Waals surface area contributed by atoms with E-state index in [2.05, 4.69) is 46.5 Å². The van der Waals surface area contributed by atoms with Gasteiger partial charge < -0.3 is 5.32 Å². The average Bonchev–Trinajstić information content (AvgIpc) is 2.67. The molecular formula is C21H23N3O. The van der Waals surface area contributed by atoms with Crippen molar-refractivity contribution in [3.8, 4) is 0 Å². The van der Waals surface area contributed by atoms with Gasteiger partial charge in [0.2, 0.25) is 0 Å². The van der Waals surface area contributed by atoms with Crippen molar-refractivity contribution in [3.63, 3.8) is 0 Å². The number of amides is 1. The predicted octanol–water partition coefficient (Wildman–Crippen LogP) is 4.29. The number of hydrogen-bond donors (Lipinski definition) is 1. The zero-order chi connectivity index (χ0) is 17.5. The van der Waals surface area contributed by atoms with Crippen LogP contribution in [0.3, 0.4) is 0 Å². The molecule has 0 saturated carbocycles. The van der Waals surface area contributed by atoms with Crippen molar-refractivity contribution < 1.29 is 4.79 Å². The molecule has 0 unspecified atom stereocenters. The van der Waals surface area contributed by atoms with E-state index in [1.165, 1.54) is 24.8 Å². The molecule has 4 heteroatoms. The monoisotopic (exact) mass is 333 g/mol. The van der Waals surface area contributed by atoms with Crippen LogP contribution in [0, 0.1) is 0 Å². The zero-order valence-electron chi connectivity index (χ0n) is 14.5. The third-order valence-corrected chi connectivity index (χ3v) is 4.23. The summed E-state index contributed by atoms with van der Waals surface area (Å²) in [6.07, 6.45) is 6.58. The smallest absolute Gasteiger partial charge is 0.270 e. The summed E-state index contributed by atoms with van der Waals surface area (Å²) >= 11 is 0. The number of carbonyl (C=O) groups excluding carboxylic acids is 1. The van der Waals surface area contributed by atoms with E-state index in [1.807, 2.05) is 18.2 Å². The summed E-state index contributed by atoms with van der Waals surface area (Å²) in [6.45, 7) is 2.72. The van der Waals surface area contributed by atoms with Crippen LogP contribution < -0.4 is 5.32 Å². The molecule has 3 rings (SSSR count). The highest BCUT2D eigenvalue weighted by atomic mass is 16.1. The van der Waals surface area contributed by atoms with Crippen molar-refractivity contribution >= 4 is 16.9 Å². The molecule has 0 radical (unpaired) electrons. The van der Waals surface area contributed by atoms with Gasteiger partial charge in [0.15, 0.2) is 0 Å². The highest BCUT2D eigenvalue weighted by molar-refractivity contribution is 5.94. The molecule has 2 aromatic heterocycles. The number of nitrogens with one attached hydrogen (secondary N) is 1. The van der Waals surface area contributed by atoms with Crippen molar-refractivity contribution in [2.24, 2.45) is 0 Å². The molecule has 0 aliphatic carbocycles. The second-order valence-electron chi connectivity index (χ2n) is 6.19. The van der Waals surface area contributed by atoms with Crippen LogP contribution in [0.15, 0.2) is 54.7 Å². The molecule has 0 bridgehead atoms. The third kappa shape index (κ3) is 4.63. The number of rotatable bonds is 7. The number of hydrogen-bond acceptors (Lipinski definition) is 3. The molecule has 1 N–H and O–H groups in total. The summed E-state index contributed by atoms with van der Waals surface area (Å²) in [4.78, 5) is 20.9. The van der Waals surface area contributed by atoms with E-state index in [-0.39, 0.29) is 5.91 Å². The van der Waals surface area contributed by atoms with Gasteiger partial charge in [-0.05, 0) is 48.2 Å². The van der Waals surface area contributed by atoms with Gasteiger partial charge in [0.1, 0.15) is 5.69 Å². The largest absolute Gasteiger partial charge is 0.347 e. The number of fused-ring (bicyclic) bond motifs is 1. The van der Waals surface area contributed by atoms with Gasteiger partial charge in [-0.1, -0.05) is 44.0 Å². The van der Waals surface area contributed by atoms with E-state index in [1.54, 1.807) is 12.3 Å². The number of pyridine rings is 2.